The number of hydrogen-bond donors (Lipinski definition) is 1. The minimum atomic E-state index is -3.71. The number of benzene rings is 1. The minimum absolute atomic E-state index is 0.0419. The van der Waals surface area contributed by atoms with Crippen LogP contribution in [0.3, 0.4) is 0 Å². The number of rotatable bonds is 5. The van der Waals surface area contributed by atoms with Gasteiger partial charge < -0.3 is 10.2 Å². The predicted octanol–water partition coefficient (Wildman–Crippen LogP) is 0.989. The van der Waals surface area contributed by atoms with Gasteiger partial charge in [-0.1, -0.05) is 31.5 Å². The van der Waals surface area contributed by atoms with Crippen LogP contribution in [0.5, 0.6) is 0 Å². The van der Waals surface area contributed by atoms with Gasteiger partial charge in [-0.05, 0) is 25.0 Å². The average molecular weight is 381 g/mol. The summed E-state index contributed by atoms with van der Waals surface area (Å²) < 4.78 is 27.1. The Bertz CT molecular complexity index is 759. The highest BCUT2D eigenvalue weighted by Crippen LogP contribution is 2.21. The third-order valence-electron chi connectivity index (χ3n) is 4.39. The highest BCUT2D eigenvalue weighted by molar-refractivity contribution is 7.89. The zero-order valence-electron chi connectivity index (χ0n) is 15.7. The summed E-state index contributed by atoms with van der Waals surface area (Å²) >= 11 is 0. The maximum absolute atomic E-state index is 12.9. The van der Waals surface area contributed by atoms with Gasteiger partial charge in [0, 0.05) is 33.1 Å². The molecule has 1 heterocycles. The van der Waals surface area contributed by atoms with E-state index in [1.165, 1.54) is 16.1 Å². The molecular formula is C18H27N3O4S. The summed E-state index contributed by atoms with van der Waals surface area (Å²) in [6, 6.07) is 5.79. The number of piperazine rings is 1. The summed E-state index contributed by atoms with van der Waals surface area (Å²) in [5.74, 6) is -0.291. The lowest BCUT2D eigenvalue weighted by Gasteiger charge is -2.39. The van der Waals surface area contributed by atoms with E-state index >= 15 is 0 Å². The van der Waals surface area contributed by atoms with Crippen LogP contribution in [-0.2, 0) is 19.6 Å². The van der Waals surface area contributed by atoms with Gasteiger partial charge in [-0.2, -0.15) is 4.31 Å². The van der Waals surface area contributed by atoms with E-state index < -0.39 is 16.1 Å². The van der Waals surface area contributed by atoms with E-state index in [2.05, 4.69) is 5.32 Å². The number of hydrogen-bond acceptors (Lipinski definition) is 4. The Morgan fingerprint density at radius 2 is 1.81 bits per heavy atom. The Balaban J connectivity index is 2.23. The molecular weight excluding hydrogens is 354 g/mol. The number of aryl methyl sites for hydroxylation is 1. The molecule has 1 saturated heterocycles. The quantitative estimate of drug-likeness (QED) is 0.824. The Morgan fingerprint density at radius 3 is 2.35 bits per heavy atom. The van der Waals surface area contributed by atoms with Crippen molar-refractivity contribution in [1.29, 1.82) is 0 Å². The first-order chi connectivity index (χ1) is 12.1. The number of amides is 2. The third-order valence-corrected chi connectivity index (χ3v) is 6.27. The molecule has 0 saturated carbocycles. The van der Waals surface area contributed by atoms with Crippen LogP contribution in [-0.4, -0.2) is 61.7 Å². The molecule has 1 fully saturated rings. The zero-order chi connectivity index (χ0) is 19.5. The second-order valence-electron chi connectivity index (χ2n) is 7.04. The molecule has 0 radical (unpaired) electrons. The van der Waals surface area contributed by atoms with E-state index in [-0.39, 0.29) is 42.3 Å². The maximum Gasteiger partial charge on any atom is 0.244 e. The lowest BCUT2D eigenvalue weighted by molar-refractivity contribution is -0.141. The smallest absolute Gasteiger partial charge is 0.244 e. The normalized spacial score (nSPS) is 18.8. The highest BCUT2D eigenvalue weighted by Gasteiger charge is 2.38. The average Bonchev–Trinajstić information content (AvgIpc) is 2.59. The minimum Gasteiger partial charge on any atom is -0.354 e. The summed E-state index contributed by atoms with van der Waals surface area (Å²) in [5, 5.41) is 2.80. The molecule has 1 unspecified atom stereocenters. The van der Waals surface area contributed by atoms with Crippen molar-refractivity contribution in [3.8, 4) is 0 Å². The van der Waals surface area contributed by atoms with E-state index in [1.54, 1.807) is 24.3 Å². The summed E-state index contributed by atoms with van der Waals surface area (Å²) in [6.07, 6.45) is 0. The number of nitrogens with one attached hydrogen (secondary N) is 1. The molecule has 8 heteroatoms. The van der Waals surface area contributed by atoms with Crippen LogP contribution in [0.1, 0.15) is 26.3 Å². The van der Waals surface area contributed by atoms with Gasteiger partial charge in [0.2, 0.25) is 21.8 Å². The Morgan fingerprint density at radius 1 is 1.19 bits per heavy atom. The van der Waals surface area contributed by atoms with Gasteiger partial charge >= 0.3 is 0 Å². The van der Waals surface area contributed by atoms with Crippen LogP contribution in [0, 0.1) is 12.8 Å². The van der Waals surface area contributed by atoms with Gasteiger partial charge in [0.15, 0.2) is 0 Å². The second-order valence-corrected chi connectivity index (χ2v) is 8.98. The first-order valence-corrected chi connectivity index (χ1v) is 10.2. The number of carbonyl (C=O) groups excluding carboxylic acids is 2. The molecule has 1 aromatic carbocycles. The number of sulfonamides is 1. The predicted molar refractivity (Wildman–Crippen MR) is 99.0 cm³/mol. The molecule has 1 aliphatic heterocycles. The zero-order valence-corrected chi connectivity index (χ0v) is 16.5. The molecule has 144 valence electrons. The molecule has 1 aliphatic rings. The SMILES string of the molecule is CC(=O)N1CCN(S(=O)(=O)c2ccc(C)cc2)CC1C(=O)NCC(C)C. The summed E-state index contributed by atoms with van der Waals surface area (Å²) in [7, 11) is -3.71. The fourth-order valence-corrected chi connectivity index (χ4v) is 4.30. The lowest BCUT2D eigenvalue weighted by Crippen LogP contribution is -2.61. The molecule has 7 nitrogen and oxygen atoms in total. The Kier molecular flexibility index (Phi) is 6.41. The second kappa shape index (κ2) is 8.18. The van der Waals surface area contributed by atoms with E-state index in [0.717, 1.165) is 5.56 Å². The fourth-order valence-electron chi connectivity index (χ4n) is 2.86. The molecule has 2 rings (SSSR count). The topological polar surface area (TPSA) is 86.8 Å². The molecule has 1 N–H and O–H groups in total. The fraction of sp³-hybridized carbons (Fsp3) is 0.556. The Labute approximate surface area is 155 Å². The monoisotopic (exact) mass is 381 g/mol. The first kappa shape index (κ1) is 20.4. The van der Waals surface area contributed by atoms with E-state index in [1.807, 2.05) is 20.8 Å². The molecule has 0 bridgehead atoms. The van der Waals surface area contributed by atoms with Crippen LogP contribution in [0.25, 0.3) is 0 Å². The van der Waals surface area contributed by atoms with E-state index in [9.17, 15) is 18.0 Å². The molecule has 26 heavy (non-hydrogen) atoms. The van der Waals surface area contributed by atoms with Crippen molar-refractivity contribution in [3.05, 3.63) is 29.8 Å². The van der Waals surface area contributed by atoms with Gasteiger partial charge in [0.25, 0.3) is 0 Å². The number of nitrogens with zero attached hydrogens (tertiary/aromatic N) is 2. The molecule has 0 aromatic heterocycles. The van der Waals surface area contributed by atoms with E-state index in [0.29, 0.717) is 6.54 Å². The molecule has 1 aromatic rings. The van der Waals surface area contributed by atoms with Gasteiger partial charge in [0.1, 0.15) is 6.04 Å². The van der Waals surface area contributed by atoms with Gasteiger partial charge in [0.05, 0.1) is 4.90 Å². The number of carbonyl (C=O) groups is 2. The molecule has 1 atom stereocenters. The highest BCUT2D eigenvalue weighted by atomic mass is 32.2. The first-order valence-electron chi connectivity index (χ1n) is 8.74. The molecule has 0 aliphatic carbocycles. The van der Waals surface area contributed by atoms with Gasteiger partial charge in [-0.3, -0.25) is 9.59 Å². The Hall–Kier alpha value is -1.93. The van der Waals surface area contributed by atoms with Crippen LogP contribution < -0.4 is 5.32 Å². The van der Waals surface area contributed by atoms with Gasteiger partial charge in [-0.25, -0.2) is 8.42 Å². The van der Waals surface area contributed by atoms with Crippen molar-refractivity contribution in [3.63, 3.8) is 0 Å². The van der Waals surface area contributed by atoms with Gasteiger partial charge in [-0.15, -0.1) is 0 Å². The molecule has 0 spiro atoms. The van der Waals surface area contributed by atoms with Crippen LogP contribution in [0.15, 0.2) is 29.2 Å². The van der Waals surface area contributed by atoms with Crippen molar-refractivity contribution >= 4 is 21.8 Å². The van der Waals surface area contributed by atoms with Crippen LogP contribution in [0.4, 0.5) is 0 Å². The standard InChI is InChI=1S/C18H27N3O4S/c1-13(2)11-19-18(23)17-12-20(9-10-21(17)15(4)22)26(24,25)16-7-5-14(3)6-8-16/h5-8,13,17H,9-12H2,1-4H3,(H,19,23). The third kappa shape index (κ3) is 4.62. The summed E-state index contributed by atoms with van der Waals surface area (Å²) in [6.45, 7) is 8.02. The van der Waals surface area contributed by atoms with Crippen molar-refractivity contribution in [1.82, 2.24) is 14.5 Å². The van der Waals surface area contributed by atoms with Crippen molar-refractivity contribution in [2.75, 3.05) is 26.2 Å². The summed E-state index contributed by atoms with van der Waals surface area (Å²) in [5.41, 5.74) is 0.969. The van der Waals surface area contributed by atoms with Crippen LogP contribution in [0.2, 0.25) is 0 Å². The largest absolute Gasteiger partial charge is 0.354 e. The van der Waals surface area contributed by atoms with Crippen molar-refractivity contribution in [2.24, 2.45) is 5.92 Å². The van der Waals surface area contributed by atoms with E-state index in [4.69, 9.17) is 0 Å². The van der Waals surface area contributed by atoms with Crippen molar-refractivity contribution in [2.45, 2.75) is 38.6 Å². The van der Waals surface area contributed by atoms with Crippen LogP contribution >= 0.6 is 0 Å². The summed E-state index contributed by atoms with van der Waals surface area (Å²) in [4.78, 5) is 26.1. The maximum atomic E-state index is 12.9. The molecule has 2 amide bonds. The lowest BCUT2D eigenvalue weighted by atomic mass is 10.1. The van der Waals surface area contributed by atoms with Crippen molar-refractivity contribution < 1.29 is 18.0 Å².